The van der Waals surface area contributed by atoms with Crippen molar-refractivity contribution in [3.63, 3.8) is 0 Å². The van der Waals surface area contributed by atoms with Crippen molar-refractivity contribution in [1.82, 2.24) is 0 Å². The highest BCUT2D eigenvalue weighted by atomic mass is 35.5. The van der Waals surface area contributed by atoms with Crippen LogP contribution in [0.15, 0.2) is 18.2 Å². The molecule has 3 N–H and O–H groups in total. The largest absolute Gasteiger partial charge is 0.323 e. The minimum absolute atomic E-state index is 0.0751. The lowest BCUT2D eigenvalue weighted by Gasteiger charge is -2.15. The lowest BCUT2D eigenvalue weighted by Crippen LogP contribution is -2.39. The summed E-state index contributed by atoms with van der Waals surface area (Å²) in [5.41, 5.74) is 6.23. The topological polar surface area (TPSA) is 55.1 Å². The third-order valence-corrected chi connectivity index (χ3v) is 2.76. The minimum Gasteiger partial charge on any atom is -0.323 e. The predicted molar refractivity (Wildman–Crippen MR) is 67.9 cm³/mol. The maximum atomic E-state index is 11.7. The summed E-state index contributed by atoms with van der Waals surface area (Å²) in [7, 11) is 0. The number of hydrogen-bond donors (Lipinski definition) is 2. The van der Waals surface area contributed by atoms with Gasteiger partial charge in [-0.2, -0.15) is 0 Å². The lowest BCUT2D eigenvalue weighted by atomic mass is 10.1. The zero-order valence-corrected chi connectivity index (χ0v) is 10.6. The molecule has 88 valence electrons. The second kappa shape index (κ2) is 5.53. The SMILES string of the molecule is CC(C)C(N)C(=O)Nc1ccc(Cl)cc1Cl. The normalized spacial score (nSPS) is 12.6. The van der Waals surface area contributed by atoms with Crippen molar-refractivity contribution in [2.45, 2.75) is 19.9 Å². The first kappa shape index (κ1) is 13.3. The molecule has 16 heavy (non-hydrogen) atoms. The quantitative estimate of drug-likeness (QED) is 0.878. The van der Waals surface area contributed by atoms with Gasteiger partial charge in [0.2, 0.25) is 5.91 Å². The number of amides is 1. The maximum Gasteiger partial charge on any atom is 0.241 e. The van der Waals surface area contributed by atoms with Crippen LogP contribution < -0.4 is 11.1 Å². The molecule has 1 aromatic rings. The first-order chi connectivity index (χ1) is 7.41. The summed E-state index contributed by atoms with van der Waals surface area (Å²) in [6.45, 7) is 3.77. The molecule has 0 aliphatic carbocycles. The van der Waals surface area contributed by atoms with Crippen molar-refractivity contribution < 1.29 is 4.79 Å². The van der Waals surface area contributed by atoms with E-state index in [9.17, 15) is 4.79 Å². The van der Waals surface area contributed by atoms with E-state index >= 15 is 0 Å². The van der Waals surface area contributed by atoms with E-state index in [0.29, 0.717) is 15.7 Å². The summed E-state index contributed by atoms with van der Waals surface area (Å²) < 4.78 is 0. The zero-order valence-electron chi connectivity index (χ0n) is 9.13. The summed E-state index contributed by atoms with van der Waals surface area (Å²) in [5, 5.41) is 3.59. The molecule has 0 saturated heterocycles. The van der Waals surface area contributed by atoms with Crippen molar-refractivity contribution in [3.8, 4) is 0 Å². The van der Waals surface area contributed by atoms with Gasteiger partial charge in [-0.1, -0.05) is 37.0 Å². The Morgan fingerprint density at radius 2 is 2.00 bits per heavy atom. The number of hydrogen-bond acceptors (Lipinski definition) is 2. The lowest BCUT2D eigenvalue weighted by molar-refractivity contribution is -0.118. The Morgan fingerprint density at radius 1 is 1.38 bits per heavy atom. The number of nitrogens with two attached hydrogens (primary N) is 1. The van der Waals surface area contributed by atoms with E-state index in [1.165, 1.54) is 0 Å². The smallest absolute Gasteiger partial charge is 0.241 e. The second-order valence-electron chi connectivity index (χ2n) is 3.88. The number of anilines is 1. The monoisotopic (exact) mass is 260 g/mol. The summed E-state index contributed by atoms with van der Waals surface area (Å²) in [5.74, 6) is -0.176. The van der Waals surface area contributed by atoms with Gasteiger partial charge in [0, 0.05) is 5.02 Å². The van der Waals surface area contributed by atoms with Crippen LogP contribution in [0.1, 0.15) is 13.8 Å². The molecule has 0 aromatic heterocycles. The summed E-state index contributed by atoms with van der Waals surface area (Å²) in [6.07, 6.45) is 0. The Bertz CT molecular complexity index is 394. The van der Waals surface area contributed by atoms with Crippen LogP contribution in [0, 0.1) is 5.92 Å². The number of carbonyl (C=O) groups excluding carboxylic acids is 1. The van der Waals surface area contributed by atoms with Gasteiger partial charge in [-0.15, -0.1) is 0 Å². The van der Waals surface area contributed by atoms with Crippen molar-refractivity contribution >= 4 is 34.8 Å². The van der Waals surface area contributed by atoms with E-state index < -0.39 is 6.04 Å². The van der Waals surface area contributed by atoms with Crippen molar-refractivity contribution in [2.24, 2.45) is 11.7 Å². The van der Waals surface area contributed by atoms with Gasteiger partial charge in [-0.05, 0) is 24.1 Å². The van der Waals surface area contributed by atoms with E-state index in [4.69, 9.17) is 28.9 Å². The number of carbonyl (C=O) groups is 1. The fraction of sp³-hybridized carbons (Fsp3) is 0.364. The van der Waals surface area contributed by atoms with Gasteiger partial charge in [-0.3, -0.25) is 4.79 Å². The van der Waals surface area contributed by atoms with Gasteiger partial charge in [-0.25, -0.2) is 0 Å². The van der Waals surface area contributed by atoms with Crippen LogP contribution >= 0.6 is 23.2 Å². The van der Waals surface area contributed by atoms with Crippen LogP contribution in [0.3, 0.4) is 0 Å². The second-order valence-corrected chi connectivity index (χ2v) is 4.73. The highest BCUT2D eigenvalue weighted by molar-refractivity contribution is 6.36. The molecule has 5 heteroatoms. The molecule has 0 bridgehead atoms. The standard InChI is InChI=1S/C11H14Cl2N2O/c1-6(2)10(14)11(16)15-9-4-3-7(12)5-8(9)13/h3-6,10H,14H2,1-2H3,(H,15,16). The van der Waals surface area contributed by atoms with Gasteiger partial charge in [0.1, 0.15) is 0 Å². The Morgan fingerprint density at radius 3 is 2.50 bits per heavy atom. The van der Waals surface area contributed by atoms with E-state index in [0.717, 1.165) is 0 Å². The van der Waals surface area contributed by atoms with Gasteiger partial charge in [0.05, 0.1) is 16.8 Å². The van der Waals surface area contributed by atoms with Gasteiger partial charge >= 0.3 is 0 Å². The molecule has 1 aromatic carbocycles. The summed E-state index contributed by atoms with van der Waals surface area (Å²) >= 11 is 11.7. The Labute approximate surface area is 105 Å². The van der Waals surface area contributed by atoms with Gasteiger partial charge in [0.25, 0.3) is 0 Å². The molecule has 1 atom stereocenters. The van der Waals surface area contributed by atoms with Crippen molar-refractivity contribution in [2.75, 3.05) is 5.32 Å². The van der Waals surface area contributed by atoms with Crippen LogP contribution in [-0.4, -0.2) is 11.9 Å². The molecule has 1 rings (SSSR count). The molecule has 0 aliphatic rings. The van der Waals surface area contributed by atoms with E-state index in [1.54, 1.807) is 18.2 Å². The fourth-order valence-corrected chi connectivity index (χ4v) is 1.57. The highest BCUT2D eigenvalue weighted by Gasteiger charge is 2.17. The molecule has 0 saturated carbocycles. The third-order valence-electron chi connectivity index (χ3n) is 2.21. The van der Waals surface area contributed by atoms with Gasteiger partial charge in [0.15, 0.2) is 0 Å². The molecule has 0 fully saturated rings. The maximum absolute atomic E-state index is 11.7. The molecule has 0 aliphatic heterocycles. The molecular formula is C11H14Cl2N2O. The molecule has 3 nitrogen and oxygen atoms in total. The number of rotatable bonds is 3. The number of benzene rings is 1. The molecular weight excluding hydrogens is 247 g/mol. The summed E-state index contributed by atoms with van der Waals surface area (Å²) in [6, 6.07) is 4.32. The first-order valence-electron chi connectivity index (χ1n) is 4.93. The fourth-order valence-electron chi connectivity index (χ4n) is 1.11. The Balaban J connectivity index is 2.77. The van der Waals surface area contributed by atoms with Crippen molar-refractivity contribution in [1.29, 1.82) is 0 Å². The third kappa shape index (κ3) is 3.37. The van der Waals surface area contributed by atoms with Crippen LogP contribution in [0.25, 0.3) is 0 Å². The summed E-state index contributed by atoms with van der Waals surface area (Å²) in [4.78, 5) is 11.7. The Kier molecular flexibility index (Phi) is 4.59. The predicted octanol–water partition coefficient (Wildman–Crippen LogP) is 2.92. The molecule has 1 amide bonds. The van der Waals surface area contributed by atoms with E-state index in [1.807, 2.05) is 13.8 Å². The number of nitrogens with one attached hydrogen (secondary N) is 1. The van der Waals surface area contributed by atoms with Gasteiger partial charge < -0.3 is 11.1 Å². The average Bonchev–Trinajstić information content (AvgIpc) is 2.20. The number of halogens is 2. The van der Waals surface area contributed by atoms with Crippen molar-refractivity contribution in [3.05, 3.63) is 28.2 Å². The Hall–Kier alpha value is -0.770. The van der Waals surface area contributed by atoms with E-state index in [2.05, 4.69) is 5.32 Å². The zero-order chi connectivity index (χ0) is 12.3. The minimum atomic E-state index is -0.549. The van der Waals surface area contributed by atoms with Crippen LogP contribution in [0.2, 0.25) is 10.0 Å². The molecule has 1 unspecified atom stereocenters. The molecule has 0 radical (unpaired) electrons. The highest BCUT2D eigenvalue weighted by Crippen LogP contribution is 2.25. The average molecular weight is 261 g/mol. The van der Waals surface area contributed by atoms with E-state index in [-0.39, 0.29) is 11.8 Å². The van der Waals surface area contributed by atoms with Crippen LogP contribution in [-0.2, 0) is 4.79 Å². The molecule has 0 heterocycles. The molecule has 0 spiro atoms. The van der Waals surface area contributed by atoms with Crippen LogP contribution in [0.5, 0.6) is 0 Å². The van der Waals surface area contributed by atoms with Crippen LogP contribution in [0.4, 0.5) is 5.69 Å². The first-order valence-corrected chi connectivity index (χ1v) is 5.69.